The van der Waals surface area contributed by atoms with Crippen LogP contribution in [0.5, 0.6) is 0 Å². The summed E-state index contributed by atoms with van der Waals surface area (Å²) >= 11 is 11.0. The monoisotopic (exact) mass is 252 g/mol. The standard InChI is InChI=1S/C10H8Cl2F2O/c11-3-1-2-10(15)6-4-8(13)9(14)5-7(6)12/h4-5H,1-3H2. The van der Waals surface area contributed by atoms with E-state index in [1.54, 1.807) is 0 Å². The molecule has 0 heterocycles. The van der Waals surface area contributed by atoms with Crippen LogP contribution in [-0.4, -0.2) is 11.7 Å². The molecule has 0 radical (unpaired) electrons. The van der Waals surface area contributed by atoms with Crippen LogP contribution in [0.3, 0.4) is 0 Å². The molecule has 0 saturated carbocycles. The van der Waals surface area contributed by atoms with Gasteiger partial charge in [-0.2, -0.15) is 0 Å². The number of ketones is 1. The Morgan fingerprint density at radius 2 is 1.87 bits per heavy atom. The molecule has 1 aromatic carbocycles. The van der Waals surface area contributed by atoms with Gasteiger partial charge < -0.3 is 0 Å². The number of carbonyl (C=O) groups excluding carboxylic acids is 1. The predicted octanol–water partition coefficient (Wildman–Crippen LogP) is 3.82. The fraction of sp³-hybridized carbons (Fsp3) is 0.300. The van der Waals surface area contributed by atoms with Gasteiger partial charge in [0.2, 0.25) is 0 Å². The Hall–Kier alpha value is -0.670. The van der Waals surface area contributed by atoms with Crippen molar-refractivity contribution in [1.29, 1.82) is 0 Å². The smallest absolute Gasteiger partial charge is 0.164 e. The van der Waals surface area contributed by atoms with Gasteiger partial charge in [-0.05, 0) is 18.6 Å². The minimum Gasteiger partial charge on any atom is -0.294 e. The fourth-order valence-electron chi connectivity index (χ4n) is 1.10. The maximum absolute atomic E-state index is 12.8. The third-order valence-corrected chi connectivity index (χ3v) is 2.43. The van der Waals surface area contributed by atoms with Crippen LogP contribution in [0.4, 0.5) is 8.78 Å². The van der Waals surface area contributed by atoms with Gasteiger partial charge >= 0.3 is 0 Å². The van der Waals surface area contributed by atoms with E-state index in [1.807, 2.05) is 0 Å². The van der Waals surface area contributed by atoms with E-state index >= 15 is 0 Å². The zero-order valence-corrected chi connectivity index (χ0v) is 9.21. The Morgan fingerprint density at radius 1 is 1.27 bits per heavy atom. The molecule has 1 rings (SSSR count). The summed E-state index contributed by atoms with van der Waals surface area (Å²) < 4.78 is 25.5. The van der Waals surface area contributed by atoms with E-state index in [9.17, 15) is 13.6 Å². The number of rotatable bonds is 4. The average Bonchev–Trinajstić information content (AvgIpc) is 2.20. The molecule has 0 aliphatic carbocycles. The normalized spacial score (nSPS) is 10.4. The molecular weight excluding hydrogens is 245 g/mol. The summed E-state index contributed by atoms with van der Waals surface area (Å²) in [5, 5.41) is -0.0755. The van der Waals surface area contributed by atoms with E-state index in [2.05, 4.69) is 0 Å². The molecule has 0 unspecified atom stereocenters. The van der Waals surface area contributed by atoms with Gasteiger partial charge in [-0.15, -0.1) is 11.6 Å². The van der Waals surface area contributed by atoms with Crippen LogP contribution < -0.4 is 0 Å². The summed E-state index contributed by atoms with van der Waals surface area (Å²) in [7, 11) is 0. The highest BCUT2D eigenvalue weighted by molar-refractivity contribution is 6.34. The molecule has 0 N–H and O–H groups in total. The third kappa shape index (κ3) is 3.14. The summed E-state index contributed by atoms with van der Waals surface area (Å²) in [6.45, 7) is 0. The summed E-state index contributed by atoms with van der Waals surface area (Å²) in [4.78, 5) is 11.5. The van der Waals surface area contributed by atoms with Crippen molar-refractivity contribution in [3.63, 3.8) is 0 Å². The topological polar surface area (TPSA) is 17.1 Å². The number of hydrogen-bond donors (Lipinski definition) is 0. The molecule has 0 saturated heterocycles. The molecule has 82 valence electrons. The maximum atomic E-state index is 12.8. The van der Waals surface area contributed by atoms with E-state index in [-0.39, 0.29) is 22.8 Å². The van der Waals surface area contributed by atoms with Crippen molar-refractivity contribution in [3.8, 4) is 0 Å². The van der Waals surface area contributed by atoms with E-state index < -0.39 is 11.6 Å². The number of hydrogen-bond acceptors (Lipinski definition) is 1. The molecule has 5 heteroatoms. The van der Waals surface area contributed by atoms with Crippen LogP contribution in [0.15, 0.2) is 12.1 Å². The molecule has 0 spiro atoms. The number of Topliss-reactive ketones (excluding diaryl/α,β-unsaturated/α-hetero) is 1. The summed E-state index contributed by atoms with van der Waals surface area (Å²) in [6, 6.07) is 1.61. The second-order valence-electron chi connectivity index (χ2n) is 2.96. The first kappa shape index (κ1) is 12.4. The van der Waals surface area contributed by atoms with E-state index in [0.29, 0.717) is 12.3 Å². The summed E-state index contributed by atoms with van der Waals surface area (Å²) in [5.74, 6) is -2.13. The third-order valence-electron chi connectivity index (χ3n) is 1.85. The summed E-state index contributed by atoms with van der Waals surface area (Å²) in [5.41, 5.74) is 0.000633. The Balaban J connectivity index is 2.94. The highest BCUT2D eigenvalue weighted by Crippen LogP contribution is 2.21. The lowest BCUT2D eigenvalue weighted by molar-refractivity contribution is 0.0981. The van der Waals surface area contributed by atoms with Crippen LogP contribution in [0, 0.1) is 11.6 Å². The van der Waals surface area contributed by atoms with Crippen LogP contribution in [0.2, 0.25) is 5.02 Å². The van der Waals surface area contributed by atoms with Crippen molar-refractivity contribution >= 4 is 29.0 Å². The Labute approximate surface area is 96.0 Å². The molecule has 0 aliphatic rings. The van der Waals surface area contributed by atoms with Crippen LogP contribution >= 0.6 is 23.2 Å². The Kier molecular flexibility index (Phi) is 4.48. The van der Waals surface area contributed by atoms with Gasteiger partial charge in [0, 0.05) is 17.9 Å². The lowest BCUT2D eigenvalue weighted by atomic mass is 10.1. The second-order valence-corrected chi connectivity index (χ2v) is 3.75. The van der Waals surface area contributed by atoms with Crippen LogP contribution in [-0.2, 0) is 0 Å². The van der Waals surface area contributed by atoms with Crippen molar-refractivity contribution in [2.75, 3.05) is 5.88 Å². The highest BCUT2D eigenvalue weighted by atomic mass is 35.5. The molecule has 0 bridgehead atoms. The molecule has 0 aliphatic heterocycles. The zero-order chi connectivity index (χ0) is 11.4. The number of alkyl halides is 1. The average molecular weight is 253 g/mol. The largest absolute Gasteiger partial charge is 0.294 e. The molecule has 0 amide bonds. The SMILES string of the molecule is O=C(CCCCl)c1cc(F)c(F)cc1Cl. The molecule has 1 nitrogen and oxygen atoms in total. The van der Waals surface area contributed by atoms with Crippen molar-refractivity contribution < 1.29 is 13.6 Å². The van der Waals surface area contributed by atoms with Crippen molar-refractivity contribution in [1.82, 2.24) is 0 Å². The van der Waals surface area contributed by atoms with Crippen molar-refractivity contribution in [3.05, 3.63) is 34.4 Å². The van der Waals surface area contributed by atoms with Gasteiger partial charge in [0.15, 0.2) is 17.4 Å². The van der Waals surface area contributed by atoms with Crippen molar-refractivity contribution in [2.24, 2.45) is 0 Å². The van der Waals surface area contributed by atoms with Crippen LogP contribution in [0.25, 0.3) is 0 Å². The van der Waals surface area contributed by atoms with E-state index in [0.717, 1.165) is 12.1 Å². The van der Waals surface area contributed by atoms with Gasteiger partial charge in [0.25, 0.3) is 0 Å². The van der Waals surface area contributed by atoms with Gasteiger partial charge in [-0.1, -0.05) is 11.6 Å². The van der Waals surface area contributed by atoms with Gasteiger partial charge in [0.05, 0.1) is 5.02 Å². The first-order valence-corrected chi connectivity index (χ1v) is 5.21. The highest BCUT2D eigenvalue weighted by Gasteiger charge is 2.14. The number of benzene rings is 1. The number of carbonyl (C=O) groups is 1. The lowest BCUT2D eigenvalue weighted by Gasteiger charge is -2.03. The molecule has 0 atom stereocenters. The predicted molar refractivity (Wildman–Crippen MR) is 55.7 cm³/mol. The summed E-state index contributed by atoms with van der Waals surface area (Å²) in [6.07, 6.45) is 0.657. The molecule has 0 aromatic heterocycles. The quantitative estimate of drug-likeness (QED) is 0.453. The molecule has 15 heavy (non-hydrogen) atoms. The lowest BCUT2D eigenvalue weighted by Crippen LogP contribution is -2.02. The van der Waals surface area contributed by atoms with Crippen molar-refractivity contribution in [2.45, 2.75) is 12.8 Å². The molecule has 0 fully saturated rings. The van der Waals surface area contributed by atoms with Gasteiger partial charge in [0.1, 0.15) is 0 Å². The van der Waals surface area contributed by atoms with Crippen LogP contribution in [0.1, 0.15) is 23.2 Å². The van der Waals surface area contributed by atoms with Gasteiger partial charge in [-0.3, -0.25) is 4.79 Å². The molecule has 1 aromatic rings. The first-order valence-electron chi connectivity index (χ1n) is 4.30. The Morgan fingerprint density at radius 3 is 2.47 bits per heavy atom. The minimum atomic E-state index is -1.08. The second kappa shape index (κ2) is 5.42. The fourth-order valence-corrected chi connectivity index (χ4v) is 1.49. The first-order chi connectivity index (χ1) is 7.06. The van der Waals surface area contributed by atoms with E-state index in [4.69, 9.17) is 23.2 Å². The maximum Gasteiger partial charge on any atom is 0.164 e. The van der Waals surface area contributed by atoms with Gasteiger partial charge in [-0.25, -0.2) is 8.78 Å². The molecular formula is C10H8Cl2F2O. The number of halogens is 4. The minimum absolute atomic E-state index is 0.000633. The van der Waals surface area contributed by atoms with E-state index in [1.165, 1.54) is 0 Å². The Bertz CT molecular complexity index is 380. The zero-order valence-electron chi connectivity index (χ0n) is 7.70.